The number of carbonyl (C=O) groups is 1. The van der Waals surface area contributed by atoms with Crippen molar-refractivity contribution >= 4 is 5.91 Å². The van der Waals surface area contributed by atoms with Gasteiger partial charge in [-0.1, -0.05) is 0 Å². The van der Waals surface area contributed by atoms with Crippen molar-refractivity contribution in [3.05, 3.63) is 0 Å². The van der Waals surface area contributed by atoms with Crippen molar-refractivity contribution in [1.82, 2.24) is 4.90 Å². The second kappa shape index (κ2) is 5.83. The lowest BCUT2D eigenvalue weighted by atomic mass is 10.00. The summed E-state index contributed by atoms with van der Waals surface area (Å²) in [5, 5.41) is 9.79. The van der Waals surface area contributed by atoms with Gasteiger partial charge in [-0.15, -0.1) is 0 Å². The number of rotatable bonds is 5. The smallest absolute Gasteiger partial charge is 0.222 e. The molecule has 0 aromatic carbocycles. The highest BCUT2D eigenvalue weighted by Crippen LogP contribution is 2.38. The summed E-state index contributed by atoms with van der Waals surface area (Å²) in [5.41, 5.74) is 0. The summed E-state index contributed by atoms with van der Waals surface area (Å²) in [5.74, 6) is 1.11. The molecule has 1 saturated carbocycles. The predicted octanol–water partition coefficient (Wildman–Crippen LogP) is 1.03. The maximum absolute atomic E-state index is 11.9. The van der Waals surface area contributed by atoms with E-state index >= 15 is 0 Å². The van der Waals surface area contributed by atoms with E-state index in [-0.39, 0.29) is 12.0 Å². The van der Waals surface area contributed by atoms with E-state index < -0.39 is 0 Å². The molecule has 0 bridgehead atoms. The number of hydrogen-bond acceptors (Lipinski definition) is 3. The van der Waals surface area contributed by atoms with Gasteiger partial charge in [0, 0.05) is 38.6 Å². The van der Waals surface area contributed by atoms with Crippen molar-refractivity contribution in [2.75, 3.05) is 26.3 Å². The summed E-state index contributed by atoms with van der Waals surface area (Å²) in [4.78, 5) is 13.9. The number of hydrogen-bond donors (Lipinski definition) is 1. The lowest BCUT2D eigenvalue weighted by Crippen LogP contribution is -2.31. The van der Waals surface area contributed by atoms with Gasteiger partial charge in [-0.3, -0.25) is 4.79 Å². The molecule has 98 valence electrons. The SMILES string of the molecule is CCOCCCC(=O)N1CC2CCC(O)C2C1. The first-order chi connectivity index (χ1) is 8.22. The second-order valence-corrected chi connectivity index (χ2v) is 5.17. The van der Waals surface area contributed by atoms with Crippen LogP contribution in [0, 0.1) is 11.8 Å². The quantitative estimate of drug-likeness (QED) is 0.731. The lowest BCUT2D eigenvalue weighted by molar-refractivity contribution is -0.131. The minimum absolute atomic E-state index is 0.179. The Morgan fingerprint density at radius 3 is 2.94 bits per heavy atom. The third-order valence-corrected chi connectivity index (χ3v) is 4.06. The Morgan fingerprint density at radius 1 is 1.41 bits per heavy atom. The Hall–Kier alpha value is -0.610. The molecular weight excluding hydrogens is 218 g/mol. The average Bonchev–Trinajstić information content (AvgIpc) is 2.87. The van der Waals surface area contributed by atoms with E-state index in [1.807, 2.05) is 11.8 Å². The summed E-state index contributed by atoms with van der Waals surface area (Å²) >= 11 is 0. The van der Waals surface area contributed by atoms with Crippen LogP contribution in [0.3, 0.4) is 0 Å². The van der Waals surface area contributed by atoms with Crippen LogP contribution in [-0.4, -0.2) is 48.3 Å². The zero-order valence-electron chi connectivity index (χ0n) is 10.6. The van der Waals surface area contributed by atoms with E-state index in [2.05, 4.69) is 0 Å². The number of fused-ring (bicyclic) bond motifs is 1. The molecule has 1 aliphatic heterocycles. The first-order valence-electron chi connectivity index (χ1n) is 6.76. The van der Waals surface area contributed by atoms with Crippen LogP contribution >= 0.6 is 0 Å². The molecule has 3 unspecified atom stereocenters. The van der Waals surface area contributed by atoms with Gasteiger partial charge in [-0.2, -0.15) is 0 Å². The Balaban J connectivity index is 1.71. The third kappa shape index (κ3) is 2.99. The van der Waals surface area contributed by atoms with E-state index in [0.717, 1.165) is 32.4 Å². The molecule has 4 nitrogen and oxygen atoms in total. The van der Waals surface area contributed by atoms with Crippen molar-refractivity contribution in [1.29, 1.82) is 0 Å². The van der Waals surface area contributed by atoms with E-state index in [1.165, 1.54) is 0 Å². The molecule has 4 heteroatoms. The van der Waals surface area contributed by atoms with Gasteiger partial charge in [0.15, 0.2) is 0 Å². The molecule has 3 atom stereocenters. The summed E-state index contributed by atoms with van der Waals surface area (Å²) in [6.45, 7) is 4.97. The zero-order chi connectivity index (χ0) is 12.3. The fourth-order valence-corrected chi connectivity index (χ4v) is 3.07. The van der Waals surface area contributed by atoms with Crippen LogP contribution in [0.4, 0.5) is 0 Å². The van der Waals surface area contributed by atoms with Crippen molar-refractivity contribution in [2.45, 2.75) is 38.7 Å². The van der Waals surface area contributed by atoms with Crippen LogP contribution in [0.25, 0.3) is 0 Å². The van der Waals surface area contributed by atoms with E-state index in [0.29, 0.717) is 31.5 Å². The number of ether oxygens (including phenoxy) is 1. The standard InChI is InChI=1S/C13H23NO3/c1-2-17-7-3-4-13(16)14-8-10-5-6-12(15)11(10)9-14/h10-12,15H,2-9H2,1H3. The number of carbonyl (C=O) groups excluding carboxylic acids is 1. The first-order valence-corrected chi connectivity index (χ1v) is 6.76. The van der Waals surface area contributed by atoms with Gasteiger partial charge in [0.1, 0.15) is 0 Å². The first kappa shape index (κ1) is 12.8. The van der Waals surface area contributed by atoms with Crippen LogP contribution in [0.2, 0.25) is 0 Å². The normalized spacial score (nSPS) is 31.9. The summed E-state index contributed by atoms with van der Waals surface area (Å²) < 4.78 is 5.23. The molecule has 0 spiro atoms. The van der Waals surface area contributed by atoms with Gasteiger partial charge in [0.05, 0.1) is 6.10 Å². The second-order valence-electron chi connectivity index (χ2n) is 5.17. The van der Waals surface area contributed by atoms with Gasteiger partial charge in [0.25, 0.3) is 0 Å². The van der Waals surface area contributed by atoms with Crippen molar-refractivity contribution in [3.63, 3.8) is 0 Å². The van der Waals surface area contributed by atoms with Gasteiger partial charge in [-0.05, 0) is 32.1 Å². The van der Waals surface area contributed by atoms with Crippen LogP contribution in [-0.2, 0) is 9.53 Å². The number of likely N-dealkylation sites (tertiary alicyclic amines) is 1. The van der Waals surface area contributed by atoms with Crippen LogP contribution in [0.15, 0.2) is 0 Å². The van der Waals surface area contributed by atoms with Gasteiger partial charge in [-0.25, -0.2) is 0 Å². The Kier molecular flexibility index (Phi) is 4.40. The number of amides is 1. The molecule has 1 heterocycles. The Morgan fingerprint density at radius 2 is 2.24 bits per heavy atom. The molecule has 0 aromatic rings. The van der Waals surface area contributed by atoms with Crippen LogP contribution in [0.5, 0.6) is 0 Å². The van der Waals surface area contributed by atoms with Crippen LogP contribution in [0.1, 0.15) is 32.6 Å². The summed E-state index contributed by atoms with van der Waals surface area (Å²) in [6, 6.07) is 0. The third-order valence-electron chi connectivity index (χ3n) is 4.06. The highest BCUT2D eigenvalue weighted by atomic mass is 16.5. The number of nitrogens with zero attached hydrogens (tertiary/aromatic N) is 1. The van der Waals surface area contributed by atoms with Crippen LogP contribution < -0.4 is 0 Å². The average molecular weight is 241 g/mol. The molecule has 1 saturated heterocycles. The maximum atomic E-state index is 11.9. The Labute approximate surface area is 103 Å². The lowest BCUT2D eigenvalue weighted by Gasteiger charge is -2.18. The summed E-state index contributed by atoms with van der Waals surface area (Å²) in [6.07, 6.45) is 3.20. The molecule has 2 fully saturated rings. The van der Waals surface area contributed by atoms with Crippen molar-refractivity contribution in [2.24, 2.45) is 11.8 Å². The Bertz CT molecular complexity index is 269. The zero-order valence-corrected chi connectivity index (χ0v) is 10.6. The molecular formula is C13H23NO3. The van der Waals surface area contributed by atoms with Crippen molar-refractivity contribution < 1.29 is 14.6 Å². The van der Waals surface area contributed by atoms with Gasteiger partial charge >= 0.3 is 0 Å². The fraction of sp³-hybridized carbons (Fsp3) is 0.923. The highest BCUT2D eigenvalue weighted by Gasteiger charge is 2.42. The largest absolute Gasteiger partial charge is 0.393 e. The monoisotopic (exact) mass is 241 g/mol. The predicted molar refractivity (Wildman–Crippen MR) is 64.5 cm³/mol. The van der Waals surface area contributed by atoms with Gasteiger partial charge < -0.3 is 14.7 Å². The molecule has 0 radical (unpaired) electrons. The molecule has 2 aliphatic rings. The molecule has 1 aliphatic carbocycles. The maximum Gasteiger partial charge on any atom is 0.222 e. The van der Waals surface area contributed by atoms with E-state index in [4.69, 9.17) is 4.74 Å². The molecule has 0 aromatic heterocycles. The highest BCUT2D eigenvalue weighted by molar-refractivity contribution is 5.76. The van der Waals surface area contributed by atoms with E-state index in [1.54, 1.807) is 0 Å². The fourth-order valence-electron chi connectivity index (χ4n) is 3.07. The summed E-state index contributed by atoms with van der Waals surface area (Å²) in [7, 11) is 0. The van der Waals surface area contributed by atoms with Gasteiger partial charge in [0.2, 0.25) is 5.91 Å². The number of aliphatic hydroxyl groups is 1. The molecule has 17 heavy (non-hydrogen) atoms. The minimum Gasteiger partial charge on any atom is -0.393 e. The topological polar surface area (TPSA) is 49.8 Å². The van der Waals surface area contributed by atoms with E-state index in [9.17, 15) is 9.90 Å². The number of aliphatic hydroxyl groups excluding tert-OH is 1. The molecule has 1 amide bonds. The molecule has 1 N–H and O–H groups in total. The minimum atomic E-state index is -0.179. The van der Waals surface area contributed by atoms with Crippen molar-refractivity contribution in [3.8, 4) is 0 Å². The molecule has 2 rings (SSSR count).